The lowest BCUT2D eigenvalue weighted by Crippen LogP contribution is -2.14. The van der Waals surface area contributed by atoms with E-state index in [-0.39, 0.29) is 33.9 Å². The molecule has 6 nitrogen and oxygen atoms in total. The number of ketones is 1. The molecule has 36 heavy (non-hydrogen) atoms. The molecule has 0 aliphatic rings. The van der Waals surface area contributed by atoms with Gasteiger partial charge in [-0.15, -0.1) is 0 Å². The van der Waals surface area contributed by atoms with Crippen LogP contribution in [0.5, 0.6) is 0 Å². The summed E-state index contributed by atoms with van der Waals surface area (Å²) in [6, 6.07) is 20.8. The molecule has 3 aromatic carbocycles. The molecule has 0 saturated carbocycles. The maximum Gasteiger partial charge on any atom is 0.230 e. The number of anilines is 1. The average molecular weight is 539 g/mol. The number of thiazole rings is 1. The van der Waals surface area contributed by atoms with Gasteiger partial charge in [0.15, 0.2) is 15.0 Å². The number of carbonyl (C=O) groups is 2. The minimum atomic E-state index is -3.31. The summed E-state index contributed by atoms with van der Waals surface area (Å²) in [6.45, 7) is 3.41. The van der Waals surface area contributed by atoms with E-state index in [2.05, 4.69) is 10.3 Å². The Bertz CT molecular complexity index is 1510. The summed E-state index contributed by atoms with van der Waals surface area (Å²) in [7, 11) is -3.31. The SMILES string of the molecule is CCS(=O)(=O)c1ccc(CC(=O)Nc2nc(-c3ccccc3)c(C(=O)c3c(C)cccc3Cl)s2)cc1. The van der Waals surface area contributed by atoms with Crippen LogP contribution in [0.25, 0.3) is 11.3 Å². The molecule has 9 heteroatoms. The summed E-state index contributed by atoms with van der Waals surface area (Å²) in [5.74, 6) is -0.583. The van der Waals surface area contributed by atoms with E-state index in [4.69, 9.17) is 11.6 Å². The van der Waals surface area contributed by atoms with Crippen molar-refractivity contribution in [3.8, 4) is 11.3 Å². The third-order valence-electron chi connectivity index (χ3n) is 5.60. The van der Waals surface area contributed by atoms with Gasteiger partial charge in [-0.2, -0.15) is 0 Å². The van der Waals surface area contributed by atoms with Gasteiger partial charge in [0.05, 0.1) is 27.8 Å². The molecule has 0 aliphatic carbocycles. The fourth-order valence-corrected chi connectivity index (χ4v) is 5.82. The number of aromatic nitrogens is 1. The van der Waals surface area contributed by atoms with Gasteiger partial charge in [-0.1, -0.05) is 84.5 Å². The van der Waals surface area contributed by atoms with Gasteiger partial charge in [-0.05, 0) is 36.2 Å². The second-order valence-electron chi connectivity index (χ2n) is 8.10. The second kappa shape index (κ2) is 10.7. The van der Waals surface area contributed by atoms with Crippen molar-refractivity contribution in [1.82, 2.24) is 4.98 Å². The Kier molecular flexibility index (Phi) is 7.68. The number of nitrogens with zero attached hydrogens (tertiary/aromatic N) is 1. The number of sulfone groups is 1. The smallest absolute Gasteiger partial charge is 0.230 e. The van der Waals surface area contributed by atoms with Crippen LogP contribution in [0.15, 0.2) is 77.7 Å². The average Bonchev–Trinajstić information content (AvgIpc) is 3.28. The number of nitrogens with one attached hydrogen (secondary N) is 1. The monoisotopic (exact) mass is 538 g/mol. The van der Waals surface area contributed by atoms with Crippen molar-refractivity contribution in [2.75, 3.05) is 11.1 Å². The number of amides is 1. The fraction of sp³-hybridized carbons (Fsp3) is 0.148. The van der Waals surface area contributed by atoms with E-state index in [1.807, 2.05) is 43.3 Å². The highest BCUT2D eigenvalue weighted by Crippen LogP contribution is 2.35. The molecule has 0 bridgehead atoms. The Morgan fingerprint density at radius 3 is 2.31 bits per heavy atom. The first-order valence-corrected chi connectivity index (χ1v) is 14.0. The maximum absolute atomic E-state index is 13.5. The zero-order chi connectivity index (χ0) is 25.9. The molecule has 0 unspecified atom stereocenters. The lowest BCUT2D eigenvalue weighted by molar-refractivity contribution is -0.115. The standard InChI is InChI=1S/C27H23ClN2O4S2/c1-3-36(33,34)20-14-12-18(13-15-20)16-22(31)29-27-30-24(19-9-5-4-6-10-19)26(35-27)25(32)23-17(2)8-7-11-21(23)28/h4-15H,3,16H2,1-2H3,(H,29,30,31). The van der Waals surface area contributed by atoms with Crippen LogP contribution in [0.2, 0.25) is 5.02 Å². The Balaban J connectivity index is 1.61. The van der Waals surface area contributed by atoms with E-state index >= 15 is 0 Å². The highest BCUT2D eigenvalue weighted by molar-refractivity contribution is 7.91. The Morgan fingerprint density at radius 1 is 0.972 bits per heavy atom. The summed E-state index contributed by atoms with van der Waals surface area (Å²) >= 11 is 7.45. The van der Waals surface area contributed by atoms with Crippen molar-refractivity contribution >= 4 is 49.6 Å². The van der Waals surface area contributed by atoms with Crippen LogP contribution in [-0.4, -0.2) is 30.8 Å². The van der Waals surface area contributed by atoms with E-state index in [1.165, 1.54) is 12.1 Å². The number of carbonyl (C=O) groups excluding carboxylic acids is 2. The minimum absolute atomic E-state index is 0.00932. The van der Waals surface area contributed by atoms with Crippen molar-refractivity contribution in [3.63, 3.8) is 0 Å². The van der Waals surface area contributed by atoms with Crippen molar-refractivity contribution in [2.45, 2.75) is 25.2 Å². The van der Waals surface area contributed by atoms with E-state index in [0.717, 1.165) is 22.5 Å². The minimum Gasteiger partial charge on any atom is -0.302 e. The first kappa shape index (κ1) is 25.8. The molecule has 0 aliphatic heterocycles. The third-order valence-corrected chi connectivity index (χ3v) is 8.64. The number of rotatable bonds is 8. The molecule has 1 amide bonds. The van der Waals surface area contributed by atoms with E-state index < -0.39 is 9.84 Å². The highest BCUT2D eigenvalue weighted by atomic mass is 35.5. The van der Waals surface area contributed by atoms with Crippen LogP contribution in [0.1, 0.15) is 33.3 Å². The zero-order valence-electron chi connectivity index (χ0n) is 19.6. The summed E-state index contributed by atoms with van der Waals surface area (Å²) in [6.07, 6.45) is 0.0274. The van der Waals surface area contributed by atoms with Crippen molar-refractivity contribution in [3.05, 3.63) is 99.4 Å². The number of hydrogen-bond donors (Lipinski definition) is 1. The first-order chi connectivity index (χ1) is 17.2. The van der Waals surface area contributed by atoms with E-state index in [0.29, 0.717) is 26.7 Å². The molecule has 1 aromatic heterocycles. The predicted molar refractivity (Wildman–Crippen MR) is 144 cm³/mol. The van der Waals surface area contributed by atoms with E-state index in [1.54, 1.807) is 31.2 Å². The number of aryl methyl sites for hydroxylation is 1. The van der Waals surface area contributed by atoms with Gasteiger partial charge in [0.2, 0.25) is 11.7 Å². The van der Waals surface area contributed by atoms with Crippen molar-refractivity contribution in [1.29, 1.82) is 0 Å². The molecule has 4 rings (SSSR count). The van der Waals surface area contributed by atoms with Crippen molar-refractivity contribution in [2.24, 2.45) is 0 Å². The Hall–Kier alpha value is -3.33. The quantitative estimate of drug-likeness (QED) is 0.279. The topological polar surface area (TPSA) is 93.2 Å². The summed E-state index contributed by atoms with van der Waals surface area (Å²) in [5, 5.41) is 3.42. The van der Waals surface area contributed by atoms with Crippen LogP contribution in [0, 0.1) is 6.92 Å². The number of hydrogen-bond acceptors (Lipinski definition) is 6. The Labute approximate surface area is 218 Å². The summed E-state index contributed by atoms with van der Waals surface area (Å²) < 4.78 is 24.0. The molecule has 1 N–H and O–H groups in total. The van der Waals surface area contributed by atoms with Crippen LogP contribution in [-0.2, 0) is 21.1 Å². The molecule has 0 radical (unpaired) electrons. The van der Waals surface area contributed by atoms with E-state index in [9.17, 15) is 18.0 Å². The lowest BCUT2D eigenvalue weighted by atomic mass is 10.0. The molecule has 0 spiro atoms. The lowest BCUT2D eigenvalue weighted by Gasteiger charge is -2.07. The van der Waals surface area contributed by atoms with Gasteiger partial charge in [0, 0.05) is 11.1 Å². The highest BCUT2D eigenvalue weighted by Gasteiger charge is 2.24. The van der Waals surface area contributed by atoms with Crippen LogP contribution in [0.4, 0.5) is 5.13 Å². The fourth-order valence-electron chi connectivity index (χ4n) is 3.68. The van der Waals surface area contributed by atoms with Gasteiger partial charge in [0.1, 0.15) is 4.88 Å². The predicted octanol–water partition coefficient (Wildman–Crippen LogP) is 5.98. The van der Waals surface area contributed by atoms with Gasteiger partial charge in [-0.25, -0.2) is 13.4 Å². The second-order valence-corrected chi connectivity index (χ2v) is 11.8. The molecule has 0 atom stereocenters. The molecule has 0 fully saturated rings. The summed E-state index contributed by atoms with van der Waals surface area (Å²) in [4.78, 5) is 31.5. The maximum atomic E-state index is 13.5. The van der Waals surface area contributed by atoms with Crippen LogP contribution < -0.4 is 5.32 Å². The largest absolute Gasteiger partial charge is 0.302 e. The molecule has 1 heterocycles. The normalized spacial score (nSPS) is 11.3. The van der Waals surface area contributed by atoms with Crippen LogP contribution in [0.3, 0.4) is 0 Å². The van der Waals surface area contributed by atoms with Crippen molar-refractivity contribution < 1.29 is 18.0 Å². The third kappa shape index (κ3) is 5.56. The zero-order valence-corrected chi connectivity index (χ0v) is 22.0. The first-order valence-electron chi connectivity index (χ1n) is 11.2. The molecule has 4 aromatic rings. The Morgan fingerprint density at radius 2 is 1.67 bits per heavy atom. The van der Waals surface area contributed by atoms with Gasteiger partial charge >= 0.3 is 0 Å². The molecule has 0 saturated heterocycles. The van der Waals surface area contributed by atoms with Gasteiger partial charge in [0.25, 0.3) is 0 Å². The molecular formula is C27H23ClN2O4S2. The van der Waals surface area contributed by atoms with Gasteiger partial charge in [-0.3, -0.25) is 9.59 Å². The van der Waals surface area contributed by atoms with Gasteiger partial charge < -0.3 is 5.32 Å². The van der Waals surface area contributed by atoms with Crippen LogP contribution >= 0.6 is 22.9 Å². The molecular weight excluding hydrogens is 516 g/mol. The summed E-state index contributed by atoms with van der Waals surface area (Å²) in [5.41, 5.74) is 3.02. The molecule has 184 valence electrons. The number of halogens is 1. The number of benzene rings is 3.